The van der Waals surface area contributed by atoms with Crippen LogP contribution in [0.2, 0.25) is 0 Å². The lowest BCUT2D eigenvalue weighted by molar-refractivity contribution is -0.444. The second-order valence-electron chi connectivity index (χ2n) is 3.96. The van der Waals surface area contributed by atoms with Crippen LogP contribution >= 0.6 is 23.5 Å². The molecule has 0 bridgehead atoms. The molecule has 0 fully saturated rings. The molecule has 1 aromatic carbocycles. The van der Waals surface area contributed by atoms with E-state index < -0.39 is 0 Å². The zero-order valence-corrected chi connectivity index (χ0v) is 12.9. The molecule has 0 saturated heterocycles. The van der Waals surface area contributed by atoms with Crippen LogP contribution < -0.4 is 17.0 Å². The van der Waals surface area contributed by atoms with Crippen molar-refractivity contribution >= 4 is 39.5 Å². The van der Waals surface area contributed by atoms with Crippen molar-refractivity contribution in [3.05, 3.63) is 35.4 Å². The number of halogens is 1. The SMILES string of the molecule is Cc1ccc(C2=N[N+]3=C(SCC3=O)SC2)cc1.[Br-]. The van der Waals surface area contributed by atoms with E-state index in [9.17, 15) is 4.79 Å². The minimum Gasteiger partial charge on any atom is -1.00 e. The number of hydrogen-bond donors (Lipinski definition) is 0. The summed E-state index contributed by atoms with van der Waals surface area (Å²) in [5.74, 6) is 1.45. The average molecular weight is 343 g/mol. The lowest BCUT2D eigenvalue weighted by atomic mass is 10.1. The van der Waals surface area contributed by atoms with Crippen LogP contribution in [0.4, 0.5) is 0 Å². The Balaban J connectivity index is 0.00000120. The normalized spacial score (nSPS) is 18.3. The minimum absolute atomic E-state index is 0. The van der Waals surface area contributed by atoms with Gasteiger partial charge in [-0.15, -0.1) is 0 Å². The molecule has 0 aliphatic carbocycles. The molecule has 0 atom stereocenters. The van der Waals surface area contributed by atoms with Crippen LogP contribution in [0.25, 0.3) is 0 Å². The van der Waals surface area contributed by atoms with Gasteiger partial charge in [-0.25, -0.2) is 4.79 Å². The molecule has 1 amide bonds. The summed E-state index contributed by atoms with van der Waals surface area (Å²) in [6.45, 7) is 2.06. The topological polar surface area (TPSA) is 32.4 Å². The van der Waals surface area contributed by atoms with Crippen molar-refractivity contribution in [3.63, 3.8) is 0 Å². The predicted molar refractivity (Wildman–Crippen MR) is 72.9 cm³/mol. The van der Waals surface area contributed by atoms with Crippen LogP contribution in [0, 0.1) is 6.92 Å². The highest BCUT2D eigenvalue weighted by Crippen LogP contribution is 2.27. The summed E-state index contributed by atoms with van der Waals surface area (Å²) in [4.78, 5) is 11.6. The number of aryl methyl sites for hydroxylation is 1. The summed E-state index contributed by atoms with van der Waals surface area (Å²) in [7, 11) is 0. The average Bonchev–Trinajstić information content (AvgIpc) is 2.72. The predicted octanol–water partition coefficient (Wildman–Crippen LogP) is -0.908. The third-order valence-corrected chi connectivity index (χ3v) is 5.02. The molecule has 0 aromatic heterocycles. The Morgan fingerprint density at radius 1 is 1.17 bits per heavy atom. The molecule has 18 heavy (non-hydrogen) atoms. The number of thioether (sulfide) groups is 2. The fourth-order valence-electron chi connectivity index (χ4n) is 1.71. The molecule has 1 aromatic rings. The van der Waals surface area contributed by atoms with Crippen LogP contribution in [0.15, 0.2) is 29.4 Å². The van der Waals surface area contributed by atoms with Crippen molar-refractivity contribution in [2.24, 2.45) is 5.10 Å². The number of rotatable bonds is 1. The van der Waals surface area contributed by atoms with Crippen LogP contribution in [0.5, 0.6) is 0 Å². The van der Waals surface area contributed by atoms with Gasteiger partial charge in [0.2, 0.25) is 0 Å². The van der Waals surface area contributed by atoms with E-state index >= 15 is 0 Å². The van der Waals surface area contributed by atoms with E-state index in [4.69, 9.17) is 0 Å². The van der Waals surface area contributed by atoms with E-state index in [0.717, 1.165) is 21.4 Å². The minimum atomic E-state index is 0. The van der Waals surface area contributed by atoms with Gasteiger partial charge in [0, 0.05) is 15.3 Å². The Kier molecular flexibility index (Phi) is 4.29. The molecule has 94 valence electrons. The van der Waals surface area contributed by atoms with Gasteiger partial charge in [0.15, 0.2) is 0 Å². The van der Waals surface area contributed by atoms with E-state index in [1.165, 1.54) is 5.56 Å². The molecule has 0 saturated carbocycles. The number of carbonyl (C=O) groups excluding carboxylic acids is 1. The van der Waals surface area contributed by atoms with Crippen molar-refractivity contribution in [2.45, 2.75) is 6.92 Å². The monoisotopic (exact) mass is 342 g/mol. The molecule has 3 rings (SSSR count). The van der Waals surface area contributed by atoms with Crippen molar-refractivity contribution in [1.29, 1.82) is 0 Å². The molecule has 3 nitrogen and oxygen atoms in total. The van der Waals surface area contributed by atoms with E-state index in [1.807, 2.05) is 0 Å². The van der Waals surface area contributed by atoms with E-state index in [2.05, 4.69) is 36.3 Å². The molecule has 0 unspecified atom stereocenters. The molecule has 0 N–H and O–H groups in total. The number of benzene rings is 1. The molecule has 2 aliphatic heterocycles. The van der Waals surface area contributed by atoms with Crippen LogP contribution in [-0.2, 0) is 4.79 Å². The van der Waals surface area contributed by atoms with Crippen molar-refractivity contribution < 1.29 is 26.5 Å². The molecule has 2 aliphatic rings. The van der Waals surface area contributed by atoms with Crippen LogP contribution in [0.3, 0.4) is 0 Å². The van der Waals surface area contributed by atoms with Gasteiger partial charge < -0.3 is 17.0 Å². The summed E-state index contributed by atoms with van der Waals surface area (Å²) in [5, 5.41) is 4.45. The summed E-state index contributed by atoms with van der Waals surface area (Å²) in [5.41, 5.74) is 3.32. The number of carbonyl (C=O) groups is 1. The highest BCUT2D eigenvalue weighted by atomic mass is 79.9. The van der Waals surface area contributed by atoms with Crippen molar-refractivity contribution in [3.8, 4) is 0 Å². The second-order valence-corrected chi connectivity index (χ2v) is 6.15. The van der Waals surface area contributed by atoms with Gasteiger partial charge in [0.1, 0.15) is 11.5 Å². The maximum Gasteiger partial charge on any atom is 0.429 e. The third-order valence-electron chi connectivity index (χ3n) is 2.67. The number of amides is 1. The molecule has 6 heteroatoms. The largest absolute Gasteiger partial charge is 1.00 e. The zero-order valence-electron chi connectivity index (χ0n) is 9.72. The molecule has 2 heterocycles. The zero-order chi connectivity index (χ0) is 11.8. The summed E-state index contributed by atoms with van der Waals surface area (Å²) >= 11 is 3.28. The maximum atomic E-state index is 11.6. The first-order valence-corrected chi connectivity index (χ1v) is 7.31. The van der Waals surface area contributed by atoms with E-state index in [-0.39, 0.29) is 22.9 Å². The highest BCUT2D eigenvalue weighted by Gasteiger charge is 2.37. The van der Waals surface area contributed by atoms with Gasteiger partial charge in [0.25, 0.3) is 0 Å². The Morgan fingerprint density at radius 3 is 2.56 bits per heavy atom. The Hall–Kier alpha value is -0.590. The van der Waals surface area contributed by atoms with Crippen molar-refractivity contribution in [2.75, 3.05) is 11.5 Å². The van der Waals surface area contributed by atoms with Crippen LogP contribution in [0.1, 0.15) is 11.1 Å². The Bertz CT molecular complexity index is 552. The van der Waals surface area contributed by atoms with Gasteiger partial charge >= 0.3 is 10.3 Å². The van der Waals surface area contributed by atoms with E-state index in [0.29, 0.717) is 5.75 Å². The molecule has 0 spiro atoms. The first-order valence-electron chi connectivity index (χ1n) is 5.34. The standard InChI is InChI=1S/C12H11N2OS2.BrH/c1-8-2-4-9(5-3-8)10-6-16-12-14(13-10)11(15)7-17-12;/h2-5H,6-7H2,1H3;1H/q+1;/p-1. The van der Waals surface area contributed by atoms with E-state index in [1.54, 1.807) is 28.2 Å². The number of hydrazone groups is 1. The second kappa shape index (κ2) is 5.59. The lowest BCUT2D eigenvalue weighted by Crippen LogP contribution is -3.00. The summed E-state index contributed by atoms with van der Waals surface area (Å²) in [6.07, 6.45) is 0. The van der Waals surface area contributed by atoms with Crippen molar-refractivity contribution in [1.82, 2.24) is 0 Å². The Morgan fingerprint density at radius 2 is 1.83 bits per heavy atom. The molecule has 0 radical (unpaired) electrons. The number of hydrogen-bond acceptors (Lipinski definition) is 4. The Labute approximate surface area is 125 Å². The maximum absolute atomic E-state index is 11.6. The first-order chi connectivity index (χ1) is 8.24. The lowest BCUT2D eigenvalue weighted by Gasteiger charge is -2.06. The van der Waals surface area contributed by atoms with Gasteiger partial charge in [0.05, 0.1) is 5.75 Å². The smallest absolute Gasteiger partial charge is 0.429 e. The fourth-order valence-corrected chi connectivity index (χ4v) is 3.78. The van der Waals surface area contributed by atoms with Gasteiger partial charge in [-0.05, 0) is 30.4 Å². The van der Waals surface area contributed by atoms with Crippen LogP contribution in [-0.4, -0.2) is 32.2 Å². The van der Waals surface area contributed by atoms with Gasteiger partial charge in [-0.2, -0.15) is 0 Å². The third kappa shape index (κ3) is 2.55. The van der Waals surface area contributed by atoms with Gasteiger partial charge in [-0.1, -0.05) is 29.8 Å². The highest BCUT2D eigenvalue weighted by molar-refractivity contribution is 8.39. The molecular weight excluding hydrogens is 332 g/mol. The summed E-state index contributed by atoms with van der Waals surface area (Å²) < 4.78 is 2.57. The number of nitrogens with zero attached hydrogens (tertiary/aromatic N) is 2. The first kappa shape index (κ1) is 13.8. The fraction of sp³-hybridized carbons (Fsp3) is 0.250. The quantitative estimate of drug-likeness (QED) is 0.619. The summed E-state index contributed by atoms with van der Waals surface area (Å²) in [6, 6.07) is 8.27. The molecular formula is C12H11BrN2OS2. The van der Waals surface area contributed by atoms with Gasteiger partial charge in [-0.3, -0.25) is 0 Å².